The van der Waals surface area contributed by atoms with Crippen molar-refractivity contribution >= 4 is 11.9 Å². The molecule has 3 unspecified atom stereocenters. The molecule has 3 N–H and O–H groups in total. The molecule has 2 aliphatic rings. The monoisotopic (exact) mass is 273 g/mol. The fraction of sp³-hybridized carbons (Fsp3) is 0.833. The predicted octanol–water partition coefficient (Wildman–Crippen LogP) is -0.688. The van der Waals surface area contributed by atoms with Gasteiger partial charge in [0.15, 0.2) is 0 Å². The molecule has 19 heavy (non-hydrogen) atoms. The molecule has 2 heterocycles. The van der Waals surface area contributed by atoms with Crippen molar-refractivity contribution in [3.8, 4) is 0 Å². The van der Waals surface area contributed by atoms with Crippen LogP contribution >= 0.6 is 0 Å². The molecule has 0 aromatic carbocycles. The van der Waals surface area contributed by atoms with Crippen LogP contribution in [0.2, 0.25) is 0 Å². The van der Waals surface area contributed by atoms with Crippen LogP contribution in [0.4, 0.5) is 0 Å². The number of aliphatic hydroxyl groups excluding tert-OH is 1. The standard InChI is InChI=1S/C12H19NO6/c14-8-6-9(19-12(18,7-8)11(16)17)10(15)13-4-2-1-3-5-13/h8-9,14,18H,1-7H2,(H,16,17). The highest BCUT2D eigenvalue weighted by Gasteiger charge is 2.48. The Morgan fingerprint density at radius 1 is 1.21 bits per heavy atom. The fourth-order valence-electron chi connectivity index (χ4n) is 2.59. The summed E-state index contributed by atoms with van der Waals surface area (Å²) in [6, 6.07) is 0. The zero-order valence-electron chi connectivity index (χ0n) is 10.6. The van der Waals surface area contributed by atoms with E-state index in [2.05, 4.69) is 0 Å². The maximum atomic E-state index is 12.2. The van der Waals surface area contributed by atoms with E-state index < -0.39 is 30.4 Å². The number of hydrogen-bond acceptors (Lipinski definition) is 5. The van der Waals surface area contributed by atoms with Crippen molar-refractivity contribution in [2.45, 2.75) is 50.1 Å². The molecule has 0 aliphatic carbocycles. The summed E-state index contributed by atoms with van der Waals surface area (Å²) < 4.78 is 5.03. The highest BCUT2D eigenvalue weighted by atomic mass is 16.7. The van der Waals surface area contributed by atoms with Crippen LogP contribution in [0.15, 0.2) is 0 Å². The minimum Gasteiger partial charge on any atom is -0.477 e. The molecule has 0 saturated carbocycles. The predicted molar refractivity (Wildman–Crippen MR) is 63.1 cm³/mol. The van der Waals surface area contributed by atoms with E-state index in [-0.39, 0.29) is 12.3 Å². The Hall–Kier alpha value is -1.18. The maximum Gasteiger partial charge on any atom is 0.364 e. The Balaban J connectivity index is 2.06. The lowest BCUT2D eigenvalue weighted by atomic mass is 9.97. The number of carboxylic acid groups (broad SMARTS) is 1. The van der Waals surface area contributed by atoms with Gasteiger partial charge in [0.25, 0.3) is 11.7 Å². The maximum absolute atomic E-state index is 12.2. The van der Waals surface area contributed by atoms with Crippen molar-refractivity contribution in [1.29, 1.82) is 0 Å². The lowest BCUT2D eigenvalue weighted by molar-refractivity contribution is -0.268. The third-order valence-corrected chi connectivity index (χ3v) is 3.61. The second-order valence-corrected chi connectivity index (χ2v) is 5.18. The van der Waals surface area contributed by atoms with Crippen LogP contribution in [0.5, 0.6) is 0 Å². The molecule has 0 aromatic rings. The Kier molecular flexibility index (Phi) is 4.07. The summed E-state index contributed by atoms with van der Waals surface area (Å²) >= 11 is 0. The van der Waals surface area contributed by atoms with Gasteiger partial charge in [-0.2, -0.15) is 0 Å². The van der Waals surface area contributed by atoms with Crippen molar-refractivity contribution < 1.29 is 29.6 Å². The van der Waals surface area contributed by atoms with Crippen LogP contribution < -0.4 is 0 Å². The van der Waals surface area contributed by atoms with Crippen molar-refractivity contribution in [1.82, 2.24) is 4.90 Å². The zero-order valence-corrected chi connectivity index (χ0v) is 10.6. The van der Waals surface area contributed by atoms with Gasteiger partial charge in [0.2, 0.25) is 0 Å². The Morgan fingerprint density at radius 3 is 2.42 bits per heavy atom. The Bertz CT molecular complexity index is 367. The largest absolute Gasteiger partial charge is 0.477 e. The van der Waals surface area contributed by atoms with Crippen LogP contribution in [0.1, 0.15) is 32.1 Å². The van der Waals surface area contributed by atoms with Gasteiger partial charge in [-0.3, -0.25) is 4.79 Å². The summed E-state index contributed by atoms with van der Waals surface area (Å²) in [5.74, 6) is -4.41. The van der Waals surface area contributed by atoms with E-state index >= 15 is 0 Å². The van der Waals surface area contributed by atoms with Crippen LogP contribution in [0.25, 0.3) is 0 Å². The third kappa shape index (κ3) is 3.05. The topological polar surface area (TPSA) is 107 Å². The third-order valence-electron chi connectivity index (χ3n) is 3.61. The number of carbonyl (C=O) groups is 2. The normalized spacial score (nSPS) is 36.0. The number of carboxylic acids is 1. The molecule has 108 valence electrons. The van der Waals surface area contributed by atoms with E-state index in [1.807, 2.05) is 0 Å². The number of likely N-dealkylation sites (tertiary alicyclic amines) is 1. The first kappa shape index (κ1) is 14.2. The van der Waals surface area contributed by atoms with E-state index in [0.717, 1.165) is 19.3 Å². The fourth-order valence-corrected chi connectivity index (χ4v) is 2.59. The molecule has 0 radical (unpaired) electrons. The molecule has 0 bridgehead atoms. The van der Waals surface area contributed by atoms with Crippen molar-refractivity contribution in [2.75, 3.05) is 13.1 Å². The molecule has 1 amide bonds. The molecule has 7 nitrogen and oxygen atoms in total. The van der Waals surface area contributed by atoms with Gasteiger partial charge in [-0.05, 0) is 19.3 Å². The van der Waals surface area contributed by atoms with Gasteiger partial charge >= 0.3 is 5.97 Å². The van der Waals surface area contributed by atoms with Gasteiger partial charge < -0.3 is 25.0 Å². The number of ether oxygens (including phenoxy) is 1. The summed E-state index contributed by atoms with van der Waals surface area (Å²) in [5, 5.41) is 28.3. The Labute approximate surface area is 110 Å². The molecular formula is C12H19NO6. The molecule has 2 aliphatic heterocycles. The molecule has 0 aromatic heterocycles. The van der Waals surface area contributed by atoms with Gasteiger partial charge in [-0.1, -0.05) is 0 Å². The van der Waals surface area contributed by atoms with Crippen molar-refractivity contribution in [3.05, 3.63) is 0 Å². The van der Waals surface area contributed by atoms with Crippen LogP contribution in [-0.2, 0) is 14.3 Å². The smallest absolute Gasteiger partial charge is 0.364 e. The number of aliphatic hydroxyl groups is 2. The van der Waals surface area contributed by atoms with Gasteiger partial charge in [0.05, 0.1) is 6.10 Å². The van der Waals surface area contributed by atoms with Crippen LogP contribution in [0, 0.1) is 0 Å². The van der Waals surface area contributed by atoms with Gasteiger partial charge in [0, 0.05) is 25.9 Å². The molecule has 3 atom stereocenters. The zero-order chi connectivity index (χ0) is 14.0. The molecule has 2 fully saturated rings. The molecule has 7 heteroatoms. The number of nitrogens with zero attached hydrogens (tertiary/aromatic N) is 1. The van der Waals surface area contributed by atoms with E-state index in [1.165, 1.54) is 0 Å². The number of rotatable bonds is 2. The number of aliphatic carboxylic acids is 1. The first-order valence-corrected chi connectivity index (χ1v) is 6.53. The number of amides is 1. The van der Waals surface area contributed by atoms with E-state index in [4.69, 9.17) is 9.84 Å². The lowest BCUT2D eigenvalue weighted by Crippen LogP contribution is -2.56. The molecule has 2 rings (SSSR count). The van der Waals surface area contributed by atoms with Gasteiger partial charge in [-0.15, -0.1) is 0 Å². The van der Waals surface area contributed by atoms with Crippen molar-refractivity contribution in [2.24, 2.45) is 0 Å². The van der Waals surface area contributed by atoms with Crippen LogP contribution in [-0.4, -0.2) is 63.2 Å². The van der Waals surface area contributed by atoms with Crippen LogP contribution in [0.3, 0.4) is 0 Å². The SMILES string of the molecule is O=C(C1CC(O)CC(O)(C(=O)O)O1)N1CCCCC1. The first-order valence-electron chi connectivity index (χ1n) is 6.53. The van der Waals surface area contributed by atoms with Gasteiger partial charge in [0.1, 0.15) is 6.10 Å². The number of hydrogen-bond donors (Lipinski definition) is 3. The van der Waals surface area contributed by atoms with E-state index in [9.17, 15) is 19.8 Å². The summed E-state index contributed by atoms with van der Waals surface area (Å²) in [4.78, 5) is 24.8. The van der Waals surface area contributed by atoms with E-state index in [1.54, 1.807) is 4.90 Å². The second kappa shape index (κ2) is 5.44. The highest BCUT2D eigenvalue weighted by Crippen LogP contribution is 2.29. The summed E-state index contributed by atoms with van der Waals surface area (Å²) in [7, 11) is 0. The molecule has 2 saturated heterocycles. The Morgan fingerprint density at radius 2 is 1.84 bits per heavy atom. The minimum absolute atomic E-state index is 0.0188. The first-order chi connectivity index (χ1) is 8.92. The minimum atomic E-state index is -2.48. The van der Waals surface area contributed by atoms with Gasteiger partial charge in [-0.25, -0.2) is 4.79 Å². The van der Waals surface area contributed by atoms with Crippen molar-refractivity contribution in [3.63, 3.8) is 0 Å². The summed E-state index contributed by atoms with van der Waals surface area (Å²) in [5.41, 5.74) is 0. The molecular weight excluding hydrogens is 254 g/mol. The average molecular weight is 273 g/mol. The quantitative estimate of drug-likeness (QED) is 0.615. The summed E-state index contributed by atoms with van der Waals surface area (Å²) in [6.45, 7) is 1.22. The number of piperidine rings is 1. The average Bonchev–Trinajstić information content (AvgIpc) is 2.37. The second-order valence-electron chi connectivity index (χ2n) is 5.18. The number of carbonyl (C=O) groups excluding carboxylic acids is 1. The molecule has 0 spiro atoms. The van der Waals surface area contributed by atoms with E-state index in [0.29, 0.717) is 13.1 Å². The highest BCUT2D eigenvalue weighted by molar-refractivity contribution is 5.82. The lowest BCUT2D eigenvalue weighted by Gasteiger charge is -2.38. The summed E-state index contributed by atoms with van der Waals surface area (Å²) in [6.07, 6.45) is 0.319.